The fraction of sp³-hybridized carbons (Fsp3) is 0.944. The lowest BCUT2D eigenvalue weighted by atomic mass is 10.0. The molecule has 0 aliphatic carbocycles. The van der Waals surface area contributed by atoms with Gasteiger partial charge in [0.05, 0.1) is 0 Å². The van der Waals surface area contributed by atoms with Gasteiger partial charge in [0.2, 0.25) is 0 Å². The van der Waals surface area contributed by atoms with E-state index >= 15 is 0 Å². The van der Waals surface area contributed by atoms with Crippen LogP contribution in [0.4, 0.5) is 0 Å². The van der Waals surface area contributed by atoms with Gasteiger partial charge >= 0.3 is 0 Å². The molecule has 5 heteroatoms. The van der Waals surface area contributed by atoms with E-state index in [1.807, 2.05) is 0 Å². The van der Waals surface area contributed by atoms with Crippen molar-refractivity contribution in [3.8, 4) is 0 Å². The molecular formula is C18H38N4O. The minimum absolute atomic E-state index is 0.264. The second kappa shape index (κ2) is 11.7. The van der Waals surface area contributed by atoms with Crippen molar-refractivity contribution in [3.63, 3.8) is 0 Å². The van der Waals surface area contributed by atoms with Crippen molar-refractivity contribution in [2.24, 2.45) is 10.9 Å². The van der Waals surface area contributed by atoms with Gasteiger partial charge in [0, 0.05) is 39.3 Å². The van der Waals surface area contributed by atoms with Crippen molar-refractivity contribution in [3.05, 3.63) is 0 Å². The third kappa shape index (κ3) is 7.08. The van der Waals surface area contributed by atoms with Gasteiger partial charge in [0.1, 0.15) is 0 Å². The summed E-state index contributed by atoms with van der Waals surface area (Å²) in [6.45, 7) is 11.9. The number of hydrogen-bond donors (Lipinski definition) is 2. The fourth-order valence-corrected chi connectivity index (χ4v) is 3.52. The lowest BCUT2D eigenvalue weighted by molar-refractivity contribution is 0.232. The lowest BCUT2D eigenvalue weighted by Crippen LogP contribution is -2.46. The van der Waals surface area contributed by atoms with Gasteiger partial charge in [0.25, 0.3) is 0 Å². The van der Waals surface area contributed by atoms with Crippen molar-refractivity contribution < 1.29 is 5.11 Å². The number of nitrogens with zero attached hydrogens (tertiary/aromatic N) is 3. The maximum atomic E-state index is 9.21. The van der Waals surface area contributed by atoms with Crippen LogP contribution >= 0.6 is 0 Å². The minimum atomic E-state index is 0.264. The molecule has 136 valence electrons. The van der Waals surface area contributed by atoms with Crippen LogP contribution in [0.2, 0.25) is 0 Å². The van der Waals surface area contributed by atoms with Crippen LogP contribution in [0.15, 0.2) is 4.99 Å². The molecule has 1 saturated heterocycles. The van der Waals surface area contributed by atoms with Gasteiger partial charge in [-0.2, -0.15) is 0 Å². The minimum Gasteiger partial charge on any atom is -0.396 e. The predicted molar refractivity (Wildman–Crippen MR) is 99.0 cm³/mol. The van der Waals surface area contributed by atoms with E-state index in [2.05, 4.69) is 42.9 Å². The van der Waals surface area contributed by atoms with Gasteiger partial charge in [-0.05, 0) is 51.6 Å². The Morgan fingerprint density at radius 3 is 2.74 bits per heavy atom. The molecule has 0 spiro atoms. The van der Waals surface area contributed by atoms with Crippen LogP contribution in [0.5, 0.6) is 0 Å². The Hall–Kier alpha value is -0.810. The largest absolute Gasteiger partial charge is 0.396 e. The zero-order valence-electron chi connectivity index (χ0n) is 15.7. The van der Waals surface area contributed by atoms with Crippen LogP contribution in [0.25, 0.3) is 0 Å². The Kier molecular flexibility index (Phi) is 10.3. The molecule has 1 aliphatic heterocycles. The summed E-state index contributed by atoms with van der Waals surface area (Å²) in [5, 5.41) is 12.6. The number of likely N-dealkylation sites (tertiary alicyclic amines) is 1. The summed E-state index contributed by atoms with van der Waals surface area (Å²) in [4.78, 5) is 9.70. The highest BCUT2D eigenvalue weighted by atomic mass is 16.3. The average molecular weight is 327 g/mol. The highest BCUT2D eigenvalue weighted by molar-refractivity contribution is 5.79. The average Bonchev–Trinajstić information content (AvgIpc) is 2.98. The normalized spacial score (nSPS) is 20.7. The second-order valence-electron chi connectivity index (χ2n) is 6.67. The molecule has 0 aromatic heterocycles. The molecule has 0 bridgehead atoms. The van der Waals surface area contributed by atoms with Crippen LogP contribution in [-0.2, 0) is 0 Å². The first-order valence-electron chi connectivity index (χ1n) is 9.50. The molecular weight excluding hydrogens is 288 g/mol. The second-order valence-corrected chi connectivity index (χ2v) is 6.67. The molecule has 0 aromatic rings. The van der Waals surface area contributed by atoms with E-state index in [-0.39, 0.29) is 6.61 Å². The molecule has 5 nitrogen and oxygen atoms in total. The summed E-state index contributed by atoms with van der Waals surface area (Å²) in [5.74, 6) is 1.50. The van der Waals surface area contributed by atoms with Gasteiger partial charge in [-0.15, -0.1) is 0 Å². The van der Waals surface area contributed by atoms with E-state index < -0.39 is 0 Å². The molecule has 1 rings (SSSR count). The molecule has 0 aromatic carbocycles. The van der Waals surface area contributed by atoms with E-state index in [4.69, 9.17) is 4.99 Å². The predicted octanol–water partition coefficient (Wildman–Crippen LogP) is 2.17. The maximum absolute atomic E-state index is 9.21. The number of nitrogens with one attached hydrogen (secondary N) is 1. The highest BCUT2D eigenvalue weighted by Gasteiger charge is 2.25. The topological polar surface area (TPSA) is 51.1 Å². The molecule has 2 N–H and O–H groups in total. The third-order valence-corrected chi connectivity index (χ3v) is 4.82. The molecule has 1 heterocycles. The summed E-state index contributed by atoms with van der Waals surface area (Å²) < 4.78 is 0. The van der Waals surface area contributed by atoms with Crippen LogP contribution in [-0.4, -0.2) is 73.3 Å². The monoisotopic (exact) mass is 326 g/mol. The fourth-order valence-electron chi connectivity index (χ4n) is 3.52. The molecule has 2 atom stereocenters. The number of aliphatic hydroxyl groups is 1. The van der Waals surface area contributed by atoms with E-state index in [0.29, 0.717) is 12.0 Å². The van der Waals surface area contributed by atoms with Crippen molar-refractivity contribution in [2.45, 2.75) is 58.9 Å². The zero-order chi connectivity index (χ0) is 17.1. The van der Waals surface area contributed by atoms with E-state index in [1.165, 1.54) is 19.4 Å². The van der Waals surface area contributed by atoms with Crippen LogP contribution in [0.1, 0.15) is 52.9 Å². The first-order valence-corrected chi connectivity index (χ1v) is 9.50. The molecule has 23 heavy (non-hydrogen) atoms. The number of rotatable bonds is 10. The first-order chi connectivity index (χ1) is 11.2. The number of likely N-dealkylation sites (N-methyl/N-ethyl adjacent to an activating group) is 2. The maximum Gasteiger partial charge on any atom is 0.193 e. The van der Waals surface area contributed by atoms with E-state index in [1.54, 1.807) is 0 Å². The van der Waals surface area contributed by atoms with Crippen LogP contribution < -0.4 is 5.32 Å². The molecule has 0 radical (unpaired) electrons. The SMILES string of the molecule is CCCC(CCO)CN=C(NCC)N(C)CC1CCCN1CC. The van der Waals surface area contributed by atoms with Crippen molar-refractivity contribution >= 4 is 5.96 Å². The van der Waals surface area contributed by atoms with Gasteiger partial charge in [0.15, 0.2) is 5.96 Å². The Morgan fingerprint density at radius 2 is 2.13 bits per heavy atom. The van der Waals surface area contributed by atoms with Crippen LogP contribution in [0, 0.1) is 5.92 Å². The standard InChI is InChI=1S/C18H38N4O/c1-5-9-16(11-13-23)14-20-18(19-6-2)21(4)15-17-10-8-12-22(17)7-3/h16-17,23H,5-15H2,1-4H3,(H,19,20). The molecule has 1 aliphatic rings. The highest BCUT2D eigenvalue weighted by Crippen LogP contribution is 2.17. The van der Waals surface area contributed by atoms with Crippen molar-refractivity contribution in [1.29, 1.82) is 0 Å². The van der Waals surface area contributed by atoms with E-state index in [0.717, 1.165) is 51.4 Å². The van der Waals surface area contributed by atoms with Crippen molar-refractivity contribution in [1.82, 2.24) is 15.1 Å². The third-order valence-electron chi connectivity index (χ3n) is 4.82. The number of aliphatic imine (C=N–C) groups is 1. The number of aliphatic hydroxyl groups excluding tert-OH is 1. The quantitative estimate of drug-likeness (QED) is 0.477. The number of hydrogen-bond acceptors (Lipinski definition) is 3. The van der Waals surface area contributed by atoms with Crippen LogP contribution in [0.3, 0.4) is 0 Å². The summed E-state index contributed by atoms with van der Waals surface area (Å²) in [6, 6.07) is 0.651. The Bertz CT molecular complexity index is 329. The van der Waals surface area contributed by atoms with Gasteiger partial charge in [-0.1, -0.05) is 20.3 Å². The summed E-state index contributed by atoms with van der Waals surface area (Å²) in [7, 11) is 2.15. The van der Waals surface area contributed by atoms with Gasteiger partial charge in [-0.3, -0.25) is 9.89 Å². The summed E-state index contributed by atoms with van der Waals surface area (Å²) in [5.41, 5.74) is 0. The Morgan fingerprint density at radius 1 is 1.35 bits per heavy atom. The van der Waals surface area contributed by atoms with Gasteiger partial charge < -0.3 is 15.3 Å². The smallest absolute Gasteiger partial charge is 0.193 e. The molecule has 2 unspecified atom stereocenters. The van der Waals surface area contributed by atoms with Gasteiger partial charge in [-0.25, -0.2) is 0 Å². The lowest BCUT2D eigenvalue weighted by Gasteiger charge is -2.30. The van der Waals surface area contributed by atoms with E-state index in [9.17, 15) is 5.11 Å². The number of guanidine groups is 1. The molecule has 1 fully saturated rings. The summed E-state index contributed by atoms with van der Waals surface area (Å²) >= 11 is 0. The first kappa shape index (κ1) is 20.2. The molecule has 0 amide bonds. The van der Waals surface area contributed by atoms with Crippen molar-refractivity contribution in [2.75, 3.05) is 46.4 Å². The molecule has 0 saturated carbocycles. The zero-order valence-corrected chi connectivity index (χ0v) is 15.7. The Balaban J connectivity index is 2.61. The summed E-state index contributed by atoms with van der Waals surface area (Å²) in [6.07, 6.45) is 5.75. The Labute approximate surface area is 143 Å².